The summed E-state index contributed by atoms with van der Waals surface area (Å²) in [6, 6.07) is 4.22. The first-order valence-corrected chi connectivity index (χ1v) is 11.6. The van der Waals surface area contributed by atoms with Crippen LogP contribution in [0, 0.1) is 0 Å². The number of guanidine groups is 1. The van der Waals surface area contributed by atoms with E-state index in [0.717, 1.165) is 86.5 Å². The van der Waals surface area contributed by atoms with Crippen molar-refractivity contribution >= 4 is 5.96 Å². The Labute approximate surface area is 191 Å². The number of nitrogens with one attached hydrogen (secondary N) is 2. The van der Waals surface area contributed by atoms with E-state index < -0.39 is 0 Å². The van der Waals surface area contributed by atoms with E-state index in [2.05, 4.69) is 53.6 Å². The molecule has 0 aliphatic carbocycles. The highest BCUT2D eigenvalue weighted by Gasteiger charge is 2.19. The van der Waals surface area contributed by atoms with Gasteiger partial charge in [0.25, 0.3) is 0 Å². The van der Waals surface area contributed by atoms with Crippen molar-refractivity contribution < 1.29 is 14.0 Å². The zero-order chi connectivity index (χ0) is 22.9. The Morgan fingerprint density at radius 2 is 1.84 bits per heavy atom. The van der Waals surface area contributed by atoms with Crippen LogP contribution in [0.5, 0.6) is 11.5 Å². The maximum atomic E-state index is 5.48. The molecule has 0 spiro atoms. The maximum absolute atomic E-state index is 5.48. The van der Waals surface area contributed by atoms with Gasteiger partial charge in [-0.15, -0.1) is 0 Å². The summed E-state index contributed by atoms with van der Waals surface area (Å²) in [5.74, 6) is 3.35. The largest absolute Gasteiger partial charge is 0.493 e. The first-order chi connectivity index (χ1) is 15.6. The molecule has 0 amide bonds. The molecular weight excluding hydrogens is 406 g/mol. The van der Waals surface area contributed by atoms with Gasteiger partial charge in [0.15, 0.2) is 17.5 Å². The summed E-state index contributed by atoms with van der Waals surface area (Å²) in [4.78, 5) is 7.23. The minimum absolute atomic E-state index is 0.573. The van der Waals surface area contributed by atoms with Crippen molar-refractivity contribution in [3.8, 4) is 11.5 Å². The Bertz CT molecular complexity index is 888. The predicted molar refractivity (Wildman–Crippen MR) is 127 cm³/mol. The number of nitrogens with zero attached hydrogens (tertiary/aromatic N) is 3. The van der Waals surface area contributed by atoms with Crippen molar-refractivity contribution in [2.75, 3.05) is 40.4 Å². The smallest absolute Gasteiger partial charge is 0.191 e. The second kappa shape index (κ2) is 11.8. The number of rotatable bonds is 10. The van der Waals surface area contributed by atoms with Crippen LogP contribution >= 0.6 is 0 Å². The summed E-state index contributed by atoms with van der Waals surface area (Å²) in [5.41, 5.74) is 4.76. The van der Waals surface area contributed by atoms with Crippen LogP contribution in [0.15, 0.2) is 21.6 Å². The number of benzene rings is 1. The fourth-order valence-electron chi connectivity index (χ4n) is 4.08. The van der Waals surface area contributed by atoms with Gasteiger partial charge in [0.1, 0.15) is 5.76 Å². The monoisotopic (exact) mass is 443 g/mol. The molecule has 0 atom stereocenters. The number of aliphatic imine (C=N–C) groups is 1. The van der Waals surface area contributed by atoms with Crippen LogP contribution in [0.3, 0.4) is 0 Å². The van der Waals surface area contributed by atoms with Crippen molar-refractivity contribution in [2.45, 2.75) is 53.1 Å². The third-order valence-electron chi connectivity index (χ3n) is 5.86. The molecule has 2 heterocycles. The van der Waals surface area contributed by atoms with Crippen LogP contribution in [0.1, 0.15) is 48.9 Å². The molecule has 2 aromatic rings. The number of aryl methyl sites for hydroxylation is 2. The van der Waals surface area contributed by atoms with Gasteiger partial charge in [-0.25, -0.2) is 4.99 Å². The molecule has 0 radical (unpaired) electrons. The third-order valence-corrected chi connectivity index (χ3v) is 5.86. The van der Waals surface area contributed by atoms with Gasteiger partial charge in [-0.3, -0.25) is 4.90 Å². The van der Waals surface area contributed by atoms with Crippen LogP contribution in [0.2, 0.25) is 0 Å². The van der Waals surface area contributed by atoms with Gasteiger partial charge < -0.3 is 24.6 Å². The highest BCUT2D eigenvalue weighted by molar-refractivity contribution is 5.79. The van der Waals surface area contributed by atoms with Crippen molar-refractivity contribution in [1.82, 2.24) is 20.7 Å². The summed E-state index contributed by atoms with van der Waals surface area (Å²) in [6.45, 7) is 11.3. The van der Waals surface area contributed by atoms with Crippen LogP contribution in [0.25, 0.3) is 0 Å². The van der Waals surface area contributed by atoms with Gasteiger partial charge in [0.05, 0.1) is 26.5 Å². The Morgan fingerprint density at radius 1 is 1.09 bits per heavy atom. The van der Waals surface area contributed by atoms with Crippen molar-refractivity contribution in [3.05, 3.63) is 40.3 Å². The summed E-state index contributed by atoms with van der Waals surface area (Å²) in [5, 5.41) is 11.0. The van der Waals surface area contributed by atoms with Crippen LogP contribution in [0.4, 0.5) is 0 Å². The SMILES string of the molecule is CCNC(=NCc1c(CC)noc1CC)NCCN1CCc2cc(OC)c(OC)cc2C1. The molecule has 176 valence electrons. The lowest BCUT2D eigenvalue weighted by atomic mass is 9.99. The number of fused-ring (bicyclic) bond motifs is 1. The average molecular weight is 444 g/mol. The summed E-state index contributed by atoms with van der Waals surface area (Å²) in [6.07, 6.45) is 2.69. The number of aromatic nitrogens is 1. The lowest BCUT2D eigenvalue weighted by molar-refractivity contribution is 0.256. The molecule has 1 aliphatic heterocycles. The molecule has 0 saturated heterocycles. The zero-order valence-corrected chi connectivity index (χ0v) is 20.1. The Kier molecular flexibility index (Phi) is 8.79. The van der Waals surface area contributed by atoms with Crippen LogP contribution in [-0.4, -0.2) is 56.4 Å². The number of ether oxygens (including phenoxy) is 2. The standard InChI is InChI=1S/C24H37N5O3/c1-6-20-19(21(7-2)32-28-20)15-27-24(25-8-3)26-10-12-29-11-9-17-13-22(30-4)23(31-5)14-18(17)16-29/h13-14H,6-12,15-16H2,1-5H3,(H2,25,26,27). The van der Waals surface area contributed by atoms with E-state index in [1.54, 1.807) is 14.2 Å². The zero-order valence-electron chi connectivity index (χ0n) is 20.1. The van der Waals surface area contributed by atoms with E-state index in [1.165, 1.54) is 11.1 Å². The maximum Gasteiger partial charge on any atom is 0.191 e. The third kappa shape index (κ3) is 5.73. The van der Waals surface area contributed by atoms with Gasteiger partial charge in [0, 0.05) is 44.7 Å². The number of hydrogen-bond donors (Lipinski definition) is 2. The highest BCUT2D eigenvalue weighted by atomic mass is 16.5. The molecule has 1 aromatic carbocycles. The summed E-state index contributed by atoms with van der Waals surface area (Å²) < 4.78 is 16.4. The summed E-state index contributed by atoms with van der Waals surface area (Å²) >= 11 is 0. The first-order valence-electron chi connectivity index (χ1n) is 11.6. The molecule has 2 N–H and O–H groups in total. The van der Waals surface area contributed by atoms with E-state index in [-0.39, 0.29) is 0 Å². The van der Waals surface area contributed by atoms with E-state index in [9.17, 15) is 0 Å². The quantitative estimate of drug-likeness (QED) is 0.431. The second-order valence-corrected chi connectivity index (χ2v) is 7.86. The molecule has 3 rings (SSSR count). The molecule has 8 heteroatoms. The lowest BCUT2D eigenvalue weighted by Gasteiger charge is -2.29. The van der Waals surface area contributed by atoms with Gasteiger partial charge in [-0.1, -0.05) is 19.0 Å². The normalized spacial score (nSPS) is 14.2. The minimum Gasteiger partial charge on any atom is -0.493 e. The Morgan fingerprint density at radius 3 is 2.50 bits per heavy atom. The molecular formula is C24H37N5O3. The average Bonchev–Trinajstić information content (AvgIpc) is 3.23. The van der Waals surface area contributed by atoms with Gasteiger partial charge >= 0.3 is 0 Å². The van der Waals surface area contributed by atoms with E-state index in [4.69, 9.17) is 19.0 Å². The number of methoxy groups -OCH3 is 2. The van der Waals surface area contributed by atoms with Gasteiger partial charge in [0.2, 0.25) is 0 Å². The summed E-state index contributed by atoms with van der Waals surface area (Å²) in [7, 11) is 3.37. The van der Waals surface area contributed by atoms with Crippen molar-refractivity contribution in [1.29, 1.82) is 0 Å². The molecule has 8 nitrogen and oxygen atoms in total. The van der Waals surface area contributed by atoms with E-state index >= 15 is 0 Å². The highest BCUT2D eigenvalue weighted by Crippen LogP contribution is 2.33. The topological polar surface area (TPSA) is 84.2 Å². The minimum atomic E-state index is 0.573. The van der Waals surface area contributed by atoms with Crippen molar-refractivity contribution in [3.63, 3.8) is 0 Å². The van der Waals surface area contributed by atoms with E-state index in [0.29, 0.717) is 6.54 Å². The molecule has 0 saturated carbocycles. The van der Waals surface area contributed by atoms with Crippen LogP contribution in [-0.2, 0) is 32.4 Å². The Hall–Kier alpha value is -2.74. The van der Waals surface area contributed by atoms with Crippen molar-refractivity contribution in [2.24, 2.45) is 4.99 Å². The van der Waals surface area contributed by atoms with E-state index in [1.807, 2.05) is 0 Å². The fraction of sp³-hybridized carbons (Fsp3) is 0.583. The van der Waals surface area contributed by atoms with Gasteiger partial charge in [-0.05, 0) is 43.0 Å². The molecule has 0 fully saturated rings. The predicted octanol–water partition coefficient (Wildman–Crippen LogP) is 2.93. The van der Waals surface area contributed by atoms with Gasteiger partial charge in [-0.2, -0.15) is 0 Å². The second-order valence-electron chi connectivity index (χ2n) is 7.86. The molecule has 0 bridgehead atoms. The first kappa shape index (κ1) is 23.9. The fourth-order valence-corrected chi connectivity index (χ4v) is 4.08. The Balaban J connectivity index is 1.57. The lowest BCUT2D eigenvalue weighted by Crippen LogP contribution is -2.42. The molecule has 0 unspecified atom stereocenters. The van der Waals surface area contributed by atoms with Crippen LogP contribution < -0.4 is 20.1 Å². The molecule has 1 aromatic heterocycles. The molecule has 32 heavy (non-hydrogen) atoms. The number of hydrogen-bond acceptors (Lipinski definition) is 6. The molecule has 1 aliphatic rings.